The highest BCUT2D eigenvalue weighted by atomic mass is 35.5. The normalized spacial score (nSPS) is 20.0. The minimum atomic E-state index is -1.13. The first-order valence-corrected chi connectivity index (χ1v) is 13.9. The lowest BCUT2D eigenvalue weighted by atomic mass is 10.0. The third kappa shape index (κ3) is 5.13. The van der Waals surface area contributed by atoms with Crippen molar-refractivity contribution in [2.45, 2.75) is 50.4 Å². The molecule has 3 heterocycles. The first-order chi connectivity index (χ1) is 19.4. The number of halogens is 2. The molecule has 1 aliphatic carbocycles. The van der Waals surface area contributed by atoms with Gasteiger partial charge in [-0.2, -0.15) is 5.26 Å². The Kier molecular flexibility index (Phi) is 7.38. The van der Waals surface area contributed by atoms with Crippen LogP contribution in [0.4, 0.5) is 16.2 Å². The zero-order chi connectivity index (χ0) is 27.8. The highest BCUT2D eigenvalue weighted by molar-refractivity contribution is 6.39. The molecule has 3 fully saturated rings. The Balaban J connectivity index is 1.09. The van der Waals surface area contributed by atoms with Crippen molar-refractivity contribution in [1.82, 2.24) is 16.0 Å². The number of piperidine rings is 1. The number of nitrogens with zero attached hydrogens (tertiary/aromatic N) is 4. The molecule has 3 aromatic rings. The summed E-state index contributed by atoms with van der Waals surface area (Å²) in [5.41, 5.74) is 8.35. The molecule has 1 aromatic heterocycles. The summed E-state index contributed by atoms with van der Waals surface area (Å²) in [6, 6.07) is 12.6. The largest absolute Gasteiger partial charge is 0.373 e. The van der Waals surface area contributed by atoms with Crippen LogP contribution in [0.3, 0.4) is 0 Å². The molecule has 2 aromatic carbocycles. The van der Waals surface area contributed by atoms with Gasteiger partial charge in [0.25, 0.3) is 5.91 Å². The number of nitriles is 1. The Labute approximate surface area is 240 Å². The molecule has 2 saturated heterocycles. The van der Waals surface area contributed by atoms with Gasteiger partial charge in [-0.25, -0.2) is 15.1 Å². The van der Waals surface area contributed by atoms with E-state index in [9.17, 15) is 9.59 Å². The van der Waals surface area contributed by atoms with E-state index in [4.69, 9.17) is 37.7 Å². The molecule has 12 heteroatoms. The number of urea groups is 1. The molecule has 10 nitrogen and oxygen atoms in total. The van der Waals surface area contributed by atoms with Crippen molar-refractivity contribution in [2.75, 3.05) is 22.9 Å². The molecule has 3 amide bonds. The third-order valence-electron chi connectivity index (χ3n) is 7.47. The van der Waals surface area contributed by atoms with Gasteiger partial charge in [0.05, 0.1) is 34.5 Å². The lowest BCUT2D eigenvalue weighted by molar-refractivity contribution is -0.119. The standard InChI is InChI=1S/C28H26Cl2N6O4/c29-21-2-1-3-22(30)24(21)25-20(26(40-34-25)16-4-5-16)15-39-19-10-12-35(13-11-19)17-6-8-18(9-7-17)36-27(37)23(14-31)32-33-28(36)38/h1-3,6-9,16,19,23,32H,4-5,10-13,15H2,(H,33,38). The molecule has 1 saturated carbocycles. The van der Waals surface area contributed by atoms with Crippen LogP contribution in [0.2, 0.25) is 10.0 Å². The van der Waals surface area contributed by atoms with Gasteiger partial charge in [0, 0.05) is 35.8 Å². The van der Waals surface area contributed by atoms with Crippen molar-refractivity contribution < 1.29 is 18.8 Å². The van der Waals surface area contributed by atoms with Crippen LogP contribution in [0.25, 0.3) is 11.3 Å². The summed E-state index contributed by atoms with van der Waals surface area (Å²) in [7, 11) is 0. The summed E-state index contributed by atoms with van der Waals surface area (Å²) < 4.78 is 12.1. The summed E-state index contributed by atoms with van der Waals surface area (Å²) in [6.45, 7) is 1.95. The summed E-state index contributed by atoms with van der Waals surface area (Å²) in [4.78, 5) is 27.9. The number of benzene rings is 2. The second-order valence-electron chi connectivity index (χ2n) is 10.1. The van der Waals surface area contributed by atoms with Crippen molar-refractivity contribution in [3.8, 4) is 17.3 Å². The zero-order valence-electron chi connectivity index (χ0n) is 21.4. The van der Waals surface area contributed by atoms with E-state index in [1.165, 1.54) is 0 Å². The van der Waals surface area contributed by atoms with E-state index >= 15 is 0 Å². The smallest absolute Gasteiger partial charge is 0.343 e. The Morgan fingerprint density at radius 1 is 1.02 bits per heavy atom. The number of anilines is 2. The van der Waals surface area contributed by atoms with Gasteiger partial charge in [0.1, 0.15) is 11.5 Å². The fourth-order valence-corrected chi connectivity index (χ4v) is 5.73. The van der Waals surface area contributed by atoms with Crippen LogP contribution in [0.5, 0.6) is 0 Å². The highest BCUT2D eigenvalue weighted by Gasteiger charge is 2.36. The van der Waals surface area contributed by atoms with E-state index in [1.54, 1.807) is 30.3 Å². The van der Waals surface area contributed by atoms with E-state index in [1.807, 2.05) is 18.2 Å². The average Bonchev–Trinajstić information content (AvgIpc) is 3.73. The molecular weight excluding hydrogens is 555 g/mol. The molecule has 40 heavy (non-hydrogen) atoms. The number of carbonyl (C=O) groups is 2. The topological polar surface area (TPSA) is 124 Å². The van der Waals surface area contributed by atoms with Crippen molar-refractivity contribution in [2.24, 2.45) is 0 Å². The number of rotatable bonds is 7. The lowest BCUT2D eigenvalue weighted by Crippen LogP contribution is -2.63. The number of hydrogen-bond donors (Lipinski definition) is 2. The van der Waals surface area contributed by atoms with Crippen LogP contribution in [0.1, 0.15) is 42.9 Å². The third-order valence-corrected chi connectivity index (χ3v) is 8.10. The summed E-state index contributed by atoms with van der Waals surface area (Å²) in [5, 5.41) is 14.5. The van der Waals surface area contributed by atoms with Crippen molar-refractivity contribution in [1.29, 1.82) is 5.26 Å². The molecule has 206 valence electrons. The number of hydrazine groups is 1. The van der Waals surface area contributed by atoms with Crippen LogP contribution in [0, 0.1) is 11.3 Å². The Hall–Kier alpha value is -3.62. The number of hydrogen-bond acceptors (Lipinski definition) is 8. The number of amides is 3. The van der Waals surface area contributed by atoms with E-state index < -0.39 is 18.0 Å². The molecular formula is C28H26Cl2N6O4. The molecule has 0 radical (unpaired) electrons. The average molecular weight is 581 g/mol. The van der Waals surface area contributed by atoms with Crippen LogP contribution >= 0.6 is 23.2 Å². The minimum Gasteiger partial charge on any atom is -0.373 e. The molecule has 1 unspecified atom stereocenters. The quantitative estimate of drug-likeness (QED) is 0.392. The van der Waals surface area contributed by atoms with Crippen molar-refractivity contribution in [3.05, 3.63) is 63.8 Å². The van der Waals surface area contributed by atoms with Gasteiger partial charge < -0.3 is 14.2 Å². The monoisotopic (exact) mass is 580 g/mol. The van der Waals surface area contributed by atoms with E-state index in [2.05, 4.69) is 20.9 Å². The molecule has 0 spiro atoms. The number of imide groups is 1. The van der Waals surface area contributed by atoms with Crippen molar-refractivity contribution in [3.63, 3.8) is 0 Å². The number of ether oxygens (including phenoxy) is 1. The molecule has 2 aliphatic heterocycles. The molecule has 0 bridgehead atoms. The predicted molar refractivity (Wildman–Crippen MR) is 149 cm³/mol. The van der Waals surface area contributed by atoms with E-state index in [-0.39, 0.29) is 6.10 Å². The van der Waals surface area contributed by atoms with Gasteiger partial charge in [-0.15, -0.1) is 0 Å². The Morgan fingerprint density at radius 3 is 2.35 bits per heavy atom. The fourth-order valence-electron chi connectivity index (χ4n) is 5.16. The number of aromatic nitrogens is 1. The first kappa shape index (κ1) is 26.6. The summed E-state index contributed by atoms with van der Waals surface area (Å²) >= 11 is 13.0. The van der Waals surface area contributed by atoms with Crippen molar-refractivity contribution >= 4 is 46.5 Å². The predicted octanol–water partition coefficient (Wildman–Crippen LogP) is 5.16. The first-order valence-electron chi connectivity index (χ1n) is 13.1. The number of nitrogens with one attached hydrogen (secondary N) is 2. The minimum absolute atomic E-state index is 0.0668. The van der Waals surface area contributed by atoms with Gasteiger partial charge in [-0.05, 0) is 62.1 Å². The second-order valence-corrected chi connectivity index (χ2v) is 10.9. The second kappa shape index (κ2) is 11.1. The summed E-state index contributed by atoms with van der Waals surface area (Å²) in [6.07, 6.45) is 3.87. The van der Waals surface area contributed by atoms with Crippen LogP contribution < -0.4 is 20.7 Å². The van der Waals surface area contributed by atoms with E-state index in [0.717, 1.165) is 60.7 Å². The summed E-state index contributed by atoms with van der Waals surface area (Å²) in [5.74, 6) is 0.607. The Bertz CT molecular complexity index is 1450. The maximum atomic E-state index is 12.5. The van der Waals surface area contributed by atoms with Gasteiger partial charge in [0.2, 0.25) is 0 Å². The van der Waals surface area contributed by atoms with Gasteiger partial charge in [-0.1, -0.05) is 34.4 Å². The van der Waals surface area contributed by atoms with Crippen LogP contribution in [-0.4, -0.2) is 42.3 Å². The zero-order valence-corrected chi connectivity index (χ0v) is 22.9. The highest BCUT2D eigenvalue weighted by Crippen LogP contribution is 2.46. The van der Waals surface area contributed by atoms with E-state index in [0.29, 0.717) is 39.5 Å². The maximum Gasteiger partial charge on any atom is 0.343 e. The lowest BCUT2D eigenvalue weighted by Gasteiger charge is -2.34. The van der Waals surface area contributed by atoms with Gasteiger partial charge in [0.15, 0.2) is 6.04 Å². The van der Waals surface area contributed by atoms with Crippen LogP contribution in [0.15, 0.2) is 47.0 Å². The molecule has 1 atom stereocenters. The number of carbonyl (C=O) groups excluding carboxylic acids is 2. The molecule has 2 N–H and O–H groups in total. The van der Waals surface area contributed by atoms with Gasteiger partial charge >= 0.3 is 6.03 Å². The van der Waals surface area contributed by atoms with Gasteiger partial charge in [-0.3, -0.25) is 10.2 Å². The Morgan fingerprint density at radius 2 is 1.70 bits per heavy atom. The maximum absolute atomic E-state index is 12.5. The molecule has 6 rings (SSSR count). The molecule has 3 aliphatic rings. The van der Waals surface area contributed by atoms with Crippen LogP contribution in [-0.2, 0) is 16.1 Å². The fraction of sp³-hybridized carbons (Fsp3) is 0.357. The SMILES string of the molecule is N#CC1NNC(=O)N(c2ccc(N3CCC(OCc4c(-c5c(Cl)cccc5Cl)noc4C4CC4)CC3)cc2)C1=O.